The van der Waals surface area contributed by atoms with E-state index in [2.05, 4.69) is 4.74 Å². The molecule has 70 valence electrons. The number of methoxy groups -OCH3 is 1. The van der Waals surface area contributed by atoms with Crippen LogP contribution < -0.4 is 0 Å². The Kier molecular flexibility index (Phi) is 4.94. The molecule has 0 aromatic heterocycles. The average Bonchev–Trinajstić information content (AvgIpc) is 1.99. The first kappa shape index (κ1) is 10.8. The maximum absolute atomic E-state index is 10.5. The van der Waals surface area contributed by atoms with Crippen LogP contribution in [0.3, 0.4) is 0 Å². The lowest BCUT2D eigenvalue weighted by Crippen LogP contribution is -2.20. The van der Waals surface area contributed by atoms with Crippen LogP contribution in [0.15, 0.2) is 0 Å². The topological polar surface area (TPSA) is 89.7 Å². The van der Waals surface area contributed by atoms with Gasteiger partial charge in [-0.1, -0.05) is 0 Å². The number of hydrogen-bond acceptors (Lipinski definition) is 5. The summed E-state index contributed by atoms with van der Waals surface area (Å²) in [7, 11) is 1.22. The van der Waals surface area contributed by atoms with E-state index in [1.54, 1.807) is 0 Å². The molecule has 0 bridgehead atoms. The van der Waals surface area contributed by atoms with Crippen molar-refractivity contribution in [3.8, 4) is 0 Å². The van der Waals surface area contributed by atoms with Gasteiger partial charge >= 0.3 is 5.97 Å². The van der Waals surface area contributed by atoms with Crippen molar-refractivity contribution in [1.29, 1.82) is 0 Å². The van der Waals surface area contributed by atoms with E-state index >= 15 is 0 Å². The smallest absolute Gasteiger partial charge is 0.305 e. The quantitative estimate of drug-likeness (QED) is 0.350. The third-order valence-electron chi connectivity index (χ3n) is 1.27. The van der Waals surface area contributed by atoms with Gasteiger partial charge in [-0.05, 0) is 6.42 Å². The normalized spacial score (nSPS) is 12.2. The first-order chi connectivity index (χ1) is 5.56. The maximum atomic E-state index is 10.5. The second kappa shape index (κ2) is 5.48. The fourth-order valence-electron chi connectivity index (χ4n) is 0.650. The predicted octanol–water partition coefficient (Wildman–Crippen LogP) is -0.423. The van der Waals surface area contributed by atoms with Crippen LogP contribution >= 0.6 is 0 Å². The van der Waals surface area contributed by atoms with Gasteiger partial charge in [0.05, 0.1) is 7.11 Å². The number of nitro groups is 1. The number of carbonyl (C=O) groups excluding carboxylic acids is 1. The molecule has 0 aromatic rings. The number of ether oxygens (including phenoxy) is 1. The Bertz CT molecular complexity index is 169. The minimum absolute atomic E-state index is 0.00546. The Morgan fingerprint density at radius 2 is 2.33 bits per heavy atom. The second-order valence-electron chi connectivity index (χ2n) is 2.28. The summed E-state index contributed by atoms with van der Waals surface area (Å²) in [5.41, 5.74) is 0. The van der Waals surface area contributed by atoms with E-state index in [-0.39, 0.29) is 12.8 Å². The molecule has 0 heterocycles. The van der Waals surface area contributed by atoms with Gasteiger partial charge in [0, 0.05) is 11.3 Å². The van der Waals surface area contributed by atoms with Crippen molar-refractivity contribution < 1.29 is 19.6 Å². The van der Waals surface area contributed by atoms with Gasteiger partial charge in [0.15, 0.2) is 0 Å². The summed E-state index contributed by atoms with van der Waals surface area (Å²) in [5.74, 6) is -0.475. The standard InChI is InChI=1S/C6H11NO5/c1-12-6(9)3-2-5(8)4-7(10)11/h5,8H,2-4H2,1H3. The highest BCUT2D eigenvalue weighted by Crippen LogP contribution is 1.98. The molecule has 12 heavy (non-hydrogen) atoms. The lowest BCUT2D eigenvalue weighted by Gasteiger charge is -2.03. The first-order valence-corrected chi connectivity index (χ1v) is 3.43. The van der Waals surface area contributed by atoms with E-state index < -0.39 is 23.5 Å². The van der Waals surface area contributed by atoms with Gasteiger partial charge in [0.2, 0.25) is 6.54 Å². The molecule has 0 rings (SSSR count). The van der Waals surface area contributed by atoms with E-state index in [1.807, 2.05) is 0 Å². The summed E-state index contributed by atoms with van der Waals surface area (Å²) < 4.78 is 4.29. The van der Waals surface area contributed by atoms with Crippen LogP contribution in [0.25, 0.3) is 0 Å². The molecule has 1 N–H and O–H groups in total. The summed E-state index contributed by atoms with van der Waals surface area (Å²) in [6, 6.07) is 0. The average molecular weight is 177 g/mol. The Morgan fingerprint density at radius 3 is 2.75 bits per heavy atom. The monoisotopic (exact) mass is 177 g/mol. The number of hydrogen-bond donors (Lipinski definition) is 1. The number of esters is 1. The molecule has 0 aromatic carbocycles. The van der Waals surface area contributed by atoms with E-state index in [0.717, 1.165) is 0 Å². The Labute approximate surface area is 69.3 Å². The van der Waals surface area contributed by atoms with Gasteiger partial charge in [0.1, 0.15) is 6.10 Å². The highest BCUT2D eigenvalue weighted by Gasteiger charge is 2.13. The van der Waals surface area contributed by atoms with Crippen LogP contribution in [0.4, 0.5) is 0 Å². The molecule has 0 saturated carbocycles. The number of aliphatic hydroxyl groups excluding tert-OH is 1. The summed E-state index contributed by atoms with van der Waals surface area (Å²) in [6.07, 6.45) is -1.00. The molecule has 0 fully saturated rings. The molecule has 0 aliphatic carbocycles. The third-order valence-corrected chi connectivity index (χ3v) is 1.27. The summed E-state index contributed by atoms with van der Waals surface area (Å²) in [6.45, 7) is -0.531. The van der Waals surface area contributed by atoms with E-state index in [0.29, 0.717) is 0 Å². The fraction of sp³-hybridized carbons (Fsp3) is 0.833. The molecule has 1 atom stereocenters. The number of aliphatic hydroxyl groups is 1. The summed E-state index contributed by atoms with van der Waals surface area (Å²) in [5, 5.41) is 18.8. The maximum Gasteiger partial charge on any atom is 0.305 e. The molecule has 0 amide bonds. The summed E-state index contributed by atoms with van der Waals surface area (Å²) >= 11 is 0. The third kappa shape index (κ3) is 5.60. The molecule has 1 unspecified atom stereocenters. The van der Waals surface area contributed by atoms with Crippen LogP contribution in [0, 0.1) is 10.1 Å². The van der Waals surface area contributed by atoms with Crippen molar-refractivity contribution in [1.82, 2.24) is 0 Å². The lowest BCUT2D eigenvalue weighted by molar-refractivity contribution is -0.490. The van der Waals surface area contributed by atoms with Gasteiger partial charge in [0.25, 0.3) is 0 Å². The van der Waals surface area contributed by atoms with Crippen LogP contribution in [0.1, 0.15) is 12.8 Å². The molecule has 0 aliphatic rings. The molecule has 0 spiro atoms. The SMILES string of the molecule is COC(=O)CCC(O)C[N+](=O)[O-]. The molecule has 0 saturated heterocycles. The minimum atomic E-state index is -1.07. The molecule has 0 aliphatic heterocycles. The van der Waals surface area contributed by atoms with E-state index in [9.17, 15) is 14.9 Å². The number of carbonyl (C=O) groups is 1. The van der Waals surface area contributed by atoms with E-state index in [1.165, 1.54) is 7.11 Å². The highest BCUT2D eigenvalue weighted by atomic mass is 16.6. The fourth-order valence-corrected chi connectivity index (χ4v) is 0.650. The largest absolute Gasteiger partial charge is 0.469 e. The van der Waals surface area contributed by atoms with Gasteiger partial charge in [-0.2, -0.15) is 0 Å². The molecule has 0 radical (unpaired) electrons. The van der Waals surface area contributed by atoms with Crippen molar-refractivity contribution in [3.63, 3.8) is 0 Å². The number of rotatable bonds is 5. The molecule has 6 heteroatoms. The van der Waals surface area contributed by atoms with Gasteiger partial charge in [-0.15, -0.1) is 0 Å². The van der Waals surface area contributed by atoms with Gasteiger partial charge in [-0.3, -0.25) is 14.9 Å². The lowest BCUT2D eigenvalue weighted by atomic mass is 10.2. The van der Waals surface area contributed by atoms with Gasteiger partial charge in [-0.25, -0.2) is 0 Å². The Hall–Kier alpha value is -1.17. The predicted molar refractivity (Wildman–Crippen MR) is 39.1 cm³/mol. The van der Waals surface area contributed by atoms with Crippen LogP contribution in [0.2, 0.25) is 0 Å². The minimum Gasteiger partial charge on any atom is -0.469 e. The summed E-state index contributed by atoms with van der Waals surface area (Å²) in [4.78, 5) is 19.7. The zero-order valence-electron chi connectivity index (χ0n) is 6.73. The van der Waals surface area contributed by atoms with Crippen molar-refractivity contribution in [2.45, 2.75) is 18.9 Å². The van der Waals surface area contributed by atoms with Crippen LogP contribution in [-0.2, 0) is 9.53 Å². The van der Waals surface area contributed by atoms with Crippen molar-refractivity contribution in [2.75, 3.05) is 13.7 Å². The van der Waals surface area contributed by atoms with Crippen LogP contribution in [0.5, 0.6) is 0 Å². The second-order valence-corrected chi connectivity index (χ2v) is 2.28. The number of nitrogens with zero attached hydrogens (tertiary/aromatic N) is 1. The van der Waals surface area contributed by atoms with Gasteiger partial charge < -0.3 is 9.84 Å². The van der Waals surface area contributed by atoms with E-state index in [4.69, 9.17) is 5.11 Å². The molecule has 6 nitrogen and oxygen atoms in total. The zero-order chi connectivity index (χ0) is 9.56. The Morgan fingerprint density at radius 1 is 1.75 bits per heavy atom. The highest BCUT2D eigenvalue weighted by molar-refractivity contribution is 5.69. The van der Waals surface area contributed by atoms with Crippen LogP contribution in [-0.4, -0.2) is 35.8 Å². The molecular formula is C6H11NO5. The van der Waals surface area contributed by atoms with Crippen molar-refractivity contribution in [2.24, 2.45) is 0 Å². The van der Waals surface area contributed by atoms with Crippen molar-refractivity contribution >= 4 is 5.97 Å². The Balaban J connectivity index is 3.50. The first-order valence-electron chi connectivity index (χ1n) is 3.43. The molecular weight excluding hydrogens is 166 g/mol. The zero-order valence-corrected chi connectivity index (χ0v) is 6.73. The van der Waals surface area contributed by atoms with Crippen molar-refractivity contribution in [3.05, 3.63) is 10.1 Å².